The first kappa shape index (κ1) is 73.1. The Balaban J connectivity index is 0.00000960. The standard InChI is InChI=1S/C59H94O29S.Na/c1-24(2)11-10-16-58(8)48-28(62)19-57(7)27-12-13-33-55(4,5)34(15-17-56(33,6)26(27)14-18-59(48,57)54(72)87-58)82-52-46(38(67)32(23-78-52)88-89(73,74)75)86-53-47(85-49-39(68)35(64)29(63)22-77-49)40(69)43(25(3)79-53)83-51-42(71)45(37(66)31(21-61)81-51)84-50-41(70)44(76-9)36(65)30(20-60)80-50;/h12,24-26,29-53,60-61,63-71H,10-11,13-23H2,1-9H3,(H,73,74,75);/q;+1/p-1/t25?,26?,29?,30?,31?,32?,33?,34?,35?,36?,37?,38?,39?,40?,41?,42?,43?,44?,45?,46?,47?,48?,49?,50?,51?,52?,53?,56?,57-,58-,59?;/m0./s1. The van der Waals surface area contributed by atoms with E-state index in [1.807, 2.05) is 20.8 Å². The van der Waals surface area contributed by atoms with Gasteiger partial charge in [0.1, 0.15) is 115 Å². The van der Waals surface area contributed by atoms with Crippen LogP contribution in [-0.4, -0.2) is 267 Å². The number of ether oxygens (including phenoxy) is 12. The molecule has 29 unspecified atom stereocenters. The van der Waals surface area contributed by atoms with Crippen LogP contribution in [0, 0.1) is 45.3 Å². The molecule has 0 aromatic heterocycles. The van der Waals surface area contributed by atoms with Crippen molar-refractivity contribution < 1.29 is 169 Å². The second-order valence-electron chi connectivity index (χ2n) is 28.1. The molecular weight excluding hydrogens is 1230 g/mol. The van der Waals surface area contributed by atoms with Crippen LogP contribution in [-0.2, 0) is 81.0 Å². The smallest absolute Gasteiger partial charge is 0.726 e. The molecule has 29 nitrogen and oxygen atoms in total. The van der Waals surface area contributed by atoms with Crippen molar-refractivity contribution in [2.75, 3.05) is 33.5 Å². The van der Waals surface area contributed by atoms with Crippen LogP contribution < -0.4 is 29.6 Å². The Kier molecular flexibility index (Phi) is 22.5. The van der Waals surface area contributed by atoms with Crippen LogP contribution >= 0.6 is 0 Å². The summed E-state index contributed by atoms with van der Waals surface area (Å²) in [5, 5.41) is 122. The Morgan fingerprint density at radius 1 is 0.678 bits per heavy atom. The van der Waals surface area contributed by atoms with Gasteiger partial charge in [-0.2, -0.15) is 0 Å². The van der Waals surface area contributed by atoms with Gasteiger partial charge < -0.3 is 118 Å². The number of ketones is 1. The Morgan fingerprint density at radius 2 is 1.27 bits per heavy atom. The van der Waals surface area contributed by atoms with Crippen LogP contribution in [0.2, 0.25) is 0 Å². The molecule has 0 aromatic rings. The molecule has 6 heterocycles. The summed E-state index contributed by atoms with van der Waals surface area (Å²) in [6.07, 6.45) is -34.3. The maximum Gasteiger partial charge on any atom is 1.00 e. The maximum atomic E-state index is 14.5. The van der Waals surface area contributed by atoms with Crippen LogP contribution in [0.1, 0.15) is 113 Å². The molecule has 31 heteroatoms. The van der Waals surface area contributed by atoms with Gasteiger partial charge >= 0.3 is 35.5 Å². The summed E-state index contributed by atoms with van der Waals surface area (Å²) >= 11 is 0. The van der Waals surface area contributed by atoms with Gasteiger partial charge in [0.25, 0.3) is 0 Å². The fraction of sp³-hybridized carbons (Fsp3) is 0.932. The van der Waals surface area contributed by atoms with E-state index in [0.29, 0.717) is 44.4 Å². The molecule has 0 amide bonds. The number of carbonyl (C=O) groups is 2. The molecule has 31 atom stereocenters. The number of hydrogen-bond donors (Lipinski definition) is 11. The van der Waals surface area contributed by atoms with Gasteiger partial charge in [0.2, 0.25) is 10.4 Å². The summed E-state index contributed by atoms with van der Waals surface area (Å²) < 4.78 is 114. The quantitative estimate of drug-likeness (QED) is 0.0189. The Bertz CT molecular complexity index is 2660. The minimum absolute atomic E-state index is 0. The molecule has 9 fully saturated rings. The number of allylic oxidation sites excluding steroid dienone is 2. The zero-order valence-electron chi connectivity index (χ0n) is 52.6. The van der Waals surface area contributed by atoms with E-state index in [2.05, 4.69) is 33.8 Å². The number of rotatable bonds is 19. The average molecular weight is 1320 g/mol. The summed E-state index contributed by atoms with van der Waals surface area (Å²) in [5.41, 5.74) is -2.67. The van der Waals surface area contributed by atoms with E-state index >= 15 is 0 Å². The minimum Gasteiger partial charge on any atom is -0.726 e. The van der Waals surface area contributed by atoms with Gasteiger partial charge in [-0.15, -0.1) is 0 Å². The molecule has 0 bridgehead atoms. The van der Waals surface area contributed by atoms with Crippen molar-refractivity contribution in [2.45, 2.75) is 266 Å². The van der Waals surface area contributed by atoms with Gasteiger partial charge in [0.05, 0.1) is 50.0 Å². The molecule has 90 heavy (non-hydrogen) atoms. The molecule has 4 aliphatic carbocycles. The average Bonchev–Trinajstić information content (AvgIpc) is 1.45. The maximum absolute atomic E-state index is 14.5. The molecule has 0 radical (unpaired) electrons. The SMILES string of the molecule is COC1C(O)C(CO)OC(OC2C(O)C(CO)OC(OC3C(C)OC(OC4C(OC5CCC6(C)C7CCC89C(=O)O[C@@](C)(CCCC(C)C)C8C(=O)C[C@@]9(C)C7=CCC6C5(C)C)OCC(OS(=O)(=O)[O-])C4O)C(OC4OCC(O)C(O)C4O)C3O)C2O)C1O.[Na+]. The van der Waals surface area contributed by atoms with Crippen molar-refractivity contribution in [1.29, 1.82) is 0 Å². The van der Waals surface area contributed by atoms with Gasteiger partial charge in [-0.3, -0.25) is 13.8 Å². The first-order valence-corrected chi connectivity index (χ1v) is 32.5. The summed E-state index contributed by atoms with van der Waals surface area (Å²) in [6, 6.07) is 0. The molecule has 11 N–H and O–H groups in total. The number of aliphatic hydroxyl groups excluding tert-OH is 11. The van der Waals surface area contributed by atoms with Crippen LogP contribution in [0.3, 0.4) is 0 Å². The van der Waals surface area contributed by atoms with E-state index in [0.717, 1.165) is 25.5 Å². The van der Waals surface area contributed by atoms with E-state index in [1.165, 1.54) is 6.92 Å². The topological polar surface area (TPSA) is 434 Å². The monoisotopic (exact) mass is 1320 g/mol. The summed E-state index contributed by atoms with van der Waals surface area (Å²) in [6.45, 7) is 13.0. The number of aliphatic hydroxyl groups is 11. The molecular formula is C59H93NaO29S. The Morgan fingerprint density at radius 3 is 1.89 bits per heavy atom. The third kappa shape index (κ3) is 12.9. The van der Waals surface area contributed by atoms with Gasteiger partial charge in [0.15, 0.2) is 31.5 Å². The molecule has 6 saturated heterocycles. The number of carbonyl (C=O) groups excluding carboxylic acids is 2. The number of methoxy groups -OCH3 is 1. The molecule has 10 aliphatic rings. The van der Waals surface area contributed by atoms with E-state index < -0.39 is 212 Å². The largest absolute Gasteiger partial charge is 1.00 e. The second kappa shape index (κ2) is 27.6. The normalized spacial score (nSPS) is 50.2. The van der Waals surface area contributed by atoms with Gasteiger partial charge in [-0.05, 0) is 87.4 Å². The number of fused-ring (bicyclic) bond motifs is 4. The molecule has 10 rings (SSSR count). The number of Topliss-reactive ketones (excluding diaryl/α,β-unsaturated/α-hetero) is 1. The molecule has 0 aromatic carbocycles. The van der Waals surface area contributed by atoms with Gasteiger partial charge in [-0.25, -0.2) is 8.42 Å². The zero-order valence-corrected chi connectivity index (χ0v) is 55.4. The third-order valence-corrected chi connectivity index (χ3v) is 22.5. The van der Waals surface area contributed by atoms with Gasteiger partial charge in [0, 0.05) is 18.9 Å². The van der Waals surface area contributed by atoms with E-state index in [-0.39, 0.29) is 65.0 Å². The van der Waals surface area contributed by atoms with Crippen LogP contribution in [0.5, 0.6) is 0 Å². The third-order valence-electron chi connectivity index (χ3n) is 22.0. The van der Waals surface area contributed by atoms with E-state index in [4.69, 9.17) is 61.0 Å². The van der Waals surface area contributed by atoms with Crippen LogP contribution in [0.15, 0.2) is 11.6 Å². The first-order chi connectivity index (χ1) is 41.7. The summed E-state index contributed by atoms with van der Waals surface area (Å²) in [7, 11) is -4.36. The Hall–Kier alpha value is -1.13. The second-order valence-corrected chi connectivity index (χ2v) is 29.1. The summed E-state index contributed by atoms with van der Waals surface area (Å²) in [4.78, 5) is 28.9. The van der Waals surface area contributed by atoms with Crippen molar-refractivity contribution >= 4 is 22.2 Å². The van der Waals surface area contributed by atoms with Crippen LogP contribution in [0.25, 0.3) is 0 Å². The summed E-state index contributed by atoms with van der Waals surface area (Å²) in [5.74, 6) is -0.460. The van der Waals surface area contributed by atoms with Crippen molar-refractivity contribution in [3.05, 3.63) is 11.6 Å². The minimum atomic E-state index is -5.52. The number of cyclic esters (lactones) is 1. The molecule has 6 aliphatic heterocycles. The fourth-order valence-corrected chi connectivity index (χ4v) is 17.8. The molecule has 3 saturated carbocycles. The van der Waals surface area contributed by atoms with Crippen molar-refractivity contribution in [3.8, 4) is 0 Å². The first-order valence-electron chi connectivity index (χ1n) is 31.2. The van der Waals surface area contributed by atoms with Crippen LogP contribution in [0.4, 0.5) is 0 Å². The molecule has 1 spiro atoms. The van der Waals surface area contributed by atoms with E-state index in [1.54, 1.807) is 0 Å². The van der Waals surface area contributed by atoms with Crippen molar-refractivity contribution in [1.82, 2.24) is 0 Å². The number of hydrogen-bond acceptors (Lipinski definition) is 29. The fourth-order valence-electron chi connectivity index (χ4n) is 17.4. The van der Waals surface area contributed by atoms with Crippen molar-refractivity contribution in [3.63, 3.8) is 0 Å². The number of esters is 1. The van der Waals surface area contributed by atoms with Crippen molar-refractivity contribution in [2.24, 2.45) is 45.3 Å². The Labute approximate surface area is 545 Å². The van der Waals surface area contributed by atoms with Gasteiger partial charge in [-0.1, -0.05) is 59.6 Å². The van der Waals surface area contributed by atoms with E-state index in [9.17, 15) is 78.7 Å². The predicted molar refractivity (Wildman–Crippen MR) is 296 cm³/mol. The predicted octanol–water partition coefficient (Wildman–Crippen LogP) is -5.18. The zero-order chi connectivity index (χ0) is 65.0. The molecule has 510 valence electrons.